The van der Waals surface area contributed by atoms with Crippen LogP contribution in [0.5, 0.6) is 11.5 Å². The molecule has 0 fully saturated rings. The molecule has 0 aliphatic carbocycles. The summed E-state index contributed by atoms with van der Waals surface area (Å²) in [5.74, 6) is 0.138. The fourth-order valence-corrected chi connectivity index (χ4v) is 3.58. The fourth-order valence-electron chi connectivity index (χ4n) is 3.58. The molecule has 8 heteroatoms. The van der Waals surface area contributed by atoms with Gasteiger partial charge in [0.05, 0.1) is 18.8 Å². The molecule has 3 aromatic carbocycles. The second-order valence-corrected chi connectivity index (χ2v) is 8.75. The van der Waals surface area contributed by atoms with Gasteiger partial charge in [-0.2, -0.15) is 0 Å². The van der Waals surface area contributed by atoms with Crippen LogP contribution in [0.4, 0.5) is 4.39 Å². The van der Waals surface area contributed by atoms with Gasteiger partial charge in [0.1, 0.15) is 22.8 Å². The highest BCUT2D eigenvalue weighted by Gasteiger charge is 2.13. The molecular formula is C30H28FNO6. The van der Waals surface area contributed by atoms with Gasteiger partial charge in [-0.25, -0.2) is 19.0 Å². The van der Waals surface area contributed by atoms with Crippen molar-refractivity contribution >= 4 is 23.0 Å². The molecule has 38 heavy (non-hydrogen) atoms. The van der Waals surface area contributed by atoms with E-state index in [2.05, 4.69) is 11.6 Å². The van der Waals surface area contributed by atoms with E-state index < -0.39 is 5.97 Å². The number of nitrogens with zero attached hydrogens (tertiary/aromatic N) is 1. The zero-order valence-electron chi connectivity index (χ0n) is 21.1. The predicted octanol–water partition coefficient (Wildman–Crippen LogP) is 6.91. The lowest BCUT2D eigenvalue weighted by Gasteiger charge is -2.08. The maximum Gasteiger partial charge on any atom is 0.343 e. The van der Waals surface area contributed by atoms with Crippen molar-refractivity contribution in [3.8, 4) is 23.0 Å². The Hall–Kier alpha value is -4.46. The van der Waals surface area contributed by atoms with Gasteiger partial charge in [-0.3, -0.25) is 0 Å². The van der Waals surface area contributed by atoms with Crippen molar-refractivity contribution in [2.24, 2.45) is 0 Å². The molecule has 0 saturated carbocycles. The van der Waals surface area contributed by atoms with Gasteiger partial charge in [0.15, 0.2) is 5.58 Å². The van der Waals surface area contributed by atoms with Crippen LogP contribution in [0, 0.1) is 5.82 Å². The zero-order valence-corrected chi connectivity index (χ0v) is 21.1. The number of rotatable bonds is 12. The Morgan fingerprint density at radius 2 is 1.58 bits per heavy atom. The van der Waals surface area contributed by atoms with Gasteiger partial charge in [-0.05, 0) is 93.3 Å². The number of halogens is 1. The first-order chi connectivity index (χ1) is 18.4. The standard InChI is InChI=1S/C30H28FNO6/c1-20(2)29(33)36-18-6-4-3-5-17-35-24-13-9-22(10-14-24)30(34)37-25-15-16-27-26(19-25)32-28(38-27)21-7-11-23(31)12-8-21/h7-16,19H,1,3-6,17-18H2,2H3. The molecule has 0 spiro atoms. The van der Waals surface area contributed by atoms with Gasteiger partial charge in [-0.1, -0.05) is 6.58 Å². The van der Waals surface area contributed by atoms with Crippen LogP contribution < -0.4 is 9.47 Å². The van der Waals surface area contributed by atoms with E-state index >= 15 is 0 Å². The summed E-state index contributed by atoms with van der Waals surface area (Å²) in [4.78, 5) is 28.3. The Bertz CT molecular complexity index is 1410. The van der Waals surface area contributed by atoms with Gasteiger partial charge < -0.3 is 18.6 Å². The Kier molecular flexibility index (Phi) is 8.87. The second kappa shape index (κ2) is 12.7. The largest absolute Gasteiger partial charge is 0.494 e. The molecule has 0 bridgehead atoms. The molecule has 1 heterocycles. The molecular weight excluding hydrogens is 489 g/mol. The number of fused-ring (bicyclic) bond motifs is 1. The number of hydrogen-bond donors (Lipinski definition) is 0. The second-order valence-electron chi connectivity index (χ2n) is 8.75. The highest BCUT2D eigenvalue weighted by molar-refractivity contribution is 5.91. The van der Waals surface area contributed by atoms with Crippen LogP contribution >= 0.6 is 0 Å². The number of benzene rings is 3. The first-order valence-corrected chi connectivity index (χ1v) is 12.3. The monoisotopic (exact) mass is 517 g/mol. The summed E-state index contributed by atoms with van der Waals surface area (Å²) >= 11 is 0. The van der Waals surface area contributed by atoms with Crippen LogP contribution in [-0.4, -0.2) is 30.1 Å². The maximum atomic E-state index is 13.2. The molecule has 196 valence electrons. The molecule has 4 aromatic rings. The van der Waals surface area contributed by atoms with Crippen LogP contribution in [0.3, 0.4) is 0 Å². The fraction of sp³-hybridized carbons (Fsp3) is 0.233. The highest BCUT2D eigenvalue weighted by Crippen LogP contribution is 2.27. The van der Waals surface area contributed by atoms with Crippen molar-refractivity contribution in [3.05, 3.63) is 90.3 Å². The van der Waals surface area contributed by atoms with Crippen molar-refractivity contribution in [2.75, 3.05) is 13.2 Å². The predicted molar refractivity (Wildman–Crippen MR) is 141 cm³/mol. The van der Waals surface area contributed by atoms with Crippen molar-refractivity contribution in [1.29, 1.82) is 0 Å². The number of ether oxygens (including phenoxy) is 3. The molecule has 4 rings (SSSR count). The van der Waals surface area contributed by atoms with Gasteiger partial charge in [0.25, 0.3) is 0 Å². The lowest BCUT2D eigenvalue weighted by atomic mass is 10.2. The van der Waals surface area contributed by atoms with Crippen LogP contribution in [-0.2, 0) is 9.53 Å². The Morgan fingerprint density at radius 3 is 2.29 bits per heavy atom. The van der Waals surface area contributed by atoms with Crippen molar-refractivity contribution in [1.82, 2.24) is 4.98 Å². The van der Waals surface area contributed by atoms with Crippen molar-refractivity contribution in [3.63, 3.8) is 0 Å². The third-order valence-corrected chi connectivity index (χ3v) is 5.64. The summed E-state index contributed by atoms with van der Waals surface area (Å²) in [6, 6.07) is 17.5. The maximum absolute atomic E-state index is 13.2. The third-order valence-electron chi connectivity index (χ3n) is 5.64. The van der Waals surface area contributed by atoms with E-state index in [4.69, 9.17) is 18.6 Å². The van der Waals surface area contributed by atoms with E-state index in [1.165, 1.54) is 12.1 Å². The summed E-state index contributed by atoms with van der Waals surface area (Å²) in [5.41, 5.74) is 2.48. The van der Waals surface area contributed by atoms with E-state index in [1.807, 2.05) is 0 Å². The van der Waals surface area contributed by atoms with Crippen LogP contribution in [0.15, 0.2) is 83.3 Å². The van der Waals surface area contributed by atoms with Gasteiger partial charge in [0, 0.05) is 17.2 Å². The molecule has 0 unspecified atom stereocenters. The van der Waals surface area contributed by atoms with E-state index in [1.54, 1.807) is 61.5 Å². The summed E-state index contributed by atoms with van der Waals surface area (Å²) in [7, 11) is 0. The quantitative estimate of drug-likeness (QED) is 0.0873. The number of oxazole rings is 1. The summed E-state index contributed by atoms with van der Waals surface area (Å²) in [6.45, 7) is 6.12. The SMILES string of the molecule is C=C(C)C(=O)OCCCCCCOc1ccc(C(=O)Oc2ccc3oc(-c4ccc(F)cc4)nc3c2)cc1. The van der Waals surface area contributed by atoms with Crippen LogP contribution in [0.2, 0.25) is 0 Å². The molecule has 7 nitrogen and oxygen atoms in total. The van der Waals surface area contributed by atoms with E-state index in [9.17, 15) is 14.0 Å². The Balaban J connectivity index is 1.22. The third kappa shape index (κ3) is 7.29. The molecule has 1 aromatic heterocycles. The molecule has 0 atom stereocenters. The van der Waals surface area contributed by atoms with Crippen molar-refractivity contribution in [2.45, 2.75) is 32.6 Å². The molecule has 0 saturated heterocycles. The molecule has 0 amide bonds. The average Bonchev–Trinajstić information content (AvgIpc) is 3.34. The minimum Gasteiger partial charge on any atom is -0.494 e. The minimum atomic E-state index is -0.509. The number of aromatic nitrogens is 1. The Labute approximate surface area is 219 Å². The highest BCUT2D eigenvalue weighted by atomic mass is 19.1. The number of esters is 2. The molecule has 0 N–H and O–H groups in total. The van der Waals surface area contributed by atoms with E-state index in [0.29, 0.717) is 58.4 Å². The topological polar surface area (TPSA) is 87.9 Å². The number of carbonyl (C=O) groups is 2. The van der Waals surface area contributed by atoms with Crippen LogP contribution in [0.25, 0.3) is 22.6 Å². The number of unbranched alkanes of at least 4 members (excludes halogenated alkanes) is 3. The van der Waals surface area contributed by atoms with E-state index in [0.717, 1.165) is 25.7 Å². The molecule has 0 radical (unpaired) electrons. The average molecular weight is 518 g/mol. The Morgan fingerprint density at radius 1 is 0.895 bits per heavy atom. The first-order valence-electron chi connectivity index (χ1n) is 12.3. The summed E-state index contributed by atoms with van der Waals surface area (Å²) in [6.07, 6.45) is 3.56. The summed E-state index contributed by atoms with van der Waals surface area (Å²) in [5, 5.41) is 0. The van der Waals surface area contributed by atoms with Gasteiger partial charge >= 0.3 is 11.9 Å². The van der Waals surface area contributed by atoms with Crippen LogP contribution in [0.1, 0.15) is 43.0 Å². The lowest BCUT2D eigenvalue weighted by molar-refractivity contribution is -0.139. The zero-order chi connectivity index (χ0) is 26.9. The molecule has 0 aliphatic heterocycles. The first kappa shape index (κ1) is 26.6. The van der Waals surface area contributed by atoms with E-state index in [-0.39, 0.29) is 11.8 Å². The van der Waals surface area contributed by atoms with Gasteiger partial charge in [0.2, 0.25) is 5.89 Å². The lowest BCUT2D eigenvalue weighted by Crippen LogP contribution is -2.08. The van der Waals surface area contributed by atoms with Gasteiger partial charge in [-0.15, -0.1) is 0 Å². The number of hydrogen-bond acceptors (Lipinski definition) is 7. The normalized spacial score (nSPS) is 10.8. The smallest absolute Gasteiger partial charge is 0.343 e. The molecule has 0 aliphatic rings. The van der Waals surface area contributed by atoms with Crippen molar-refractivity contribution < 1.29 is 32.6 Å². The summed E-state index contributed by atoms with van der Waals surface area (Å²) < 4.78 is 35.2. The minimum absolute atomic E-state index is 0.330. The number of carbonyl (C=O) groups excluding carboxylic acids is 2.